The summed E-state index contributed by atoms with van der Waals surface area (Å²) in [6.45, 7) is 3.81. The third kappa shape index (κ3) is 1.61. The standard InChI is InChI=1S/C18H18N2O/c1-13-7-9-14(10-8-13)18-16-6-3-2-5-15(16)17(21)20(18)12-4-11-19-18/h2-3,5-10,19H,4,11-12H2,1H3. The van der Waals surface area contributed by atoms with Gasteiger partial charge < -0.3 is 4.90 Å². The Hall–Kier alpha value is -2.13. The van der Waals surface area contributed by atoms with E-state index in [0.29, 0.717) is 0 Å². The van der Waals surface area contributed by atoms with Crippen LogP contribution in [0.5, 0.6) is 0 Å². The number of amides is 1. The highest BCUT2D eigenvalue weighted by Gasteiger charge is 2.51. The summed E-state index contributed by atoms with van der Waals surface area (Å²) in [4.78, 5) is 14.8. The highest BCUT2D eigenvalue weighted by atomic mass is 16.2. The molecule has 2 aliphatic rings. The highest BCUT2D eigenvalue weighted by molar-refractivity contribution is 6.00. The monoisotopic (exact) mass is 278 g/mol. The van der Waals surface area contributed by atoms with Crippen molar-refractivity contribution in [1.82, 2.24) is 10.2 Å². The predicted octanol–water partition coefficient (Wildman–Crippen LogP) is 2.65. The Morgan fingerprint density at radius 1 is 1.10 bits per heavy atom. The minimum Gasteiger partial charge on any atom is -0.312 e. The van der Waals surface area contributed by atoms with Crippen molar-refractivity contribution in [2.75, 3.05) is 13.1 Å². The van der Waals surface area contributed by atoms with E-state index in [1.165, 1.54) is 5.56 Å². The Morgan fingerprint density at radius 2 is 1.86 bits per heavy atom. The van der Waals surface area contributed by atoms with E-state index in [1.807, 2.05) is 23.1 Å². The molecule has 2 heterocycles. The number of carbonyl (C=O) groups is 1. The van der Waals surface area contributed by atoms with Gasteiger partial charge in [-0.3, -0.25) is 10.1 Å². The Kier molecular flexibility index (Phi) is 2.66. The van der Waals surface area contributed by atoms with Gasteiger partial charge in [-0.1, -0.05) is 48.0 Å². The summed E-state index contributed by atoms with van der Waals surface area (Å²) < 4.78 is 0. The zero-order chi connectivity index (χ0) is 14.4. The van der Waals surface area contributed by atoms with Gasteiger partial charge in [-0.15, -0.1) is 0 Å². The fraction of sp³-hybridized carbons (Fsp3) is 0.278. The number of benzene rings is 2. The molecule has 0 radical (unpaired) electrons. The molecule has 4 rings (SSSR count). The molecule has 1 fully saturated rings. The maximum Gasteiger partial charge on any atom is 0.256 e. The van der Waals surface area contributed by atoms with Crippen LogP contribution in [-0.4, -0.2) is 23.9 Å². The fourth-order valence-electron chi connectivity index (χ4n) is 3.60. The van der Waals surface area contributed by atoms with Crippen molar-refractivity contribution >= 4 is 5.91 Å². The fourth-order valence-corrected chi connectivity index (χ4v) is 3.60. The van der Waals surface area contributed by atoms with Crippen molar-refractivity contribution in [3.63, 3.8) is 0 Å². The number of hydrogen-bond donors (Lipinski definition) is 1. The number of nitrogens with one attached hydrogen (secondary N) is 1. The van der Waals surface area contributed by atoms with Gasteiger partial charge in [0.05, 0.1) is 0 Å². The summed E-state index contributed by atoms with van der Waals surface area (Å²) in [5.74, 6) is 0.137. The van der Waals surface area contributed by atoms with Gasteiger partial charge in [0.15, 0.2) is 0 Å². The molecule has 3 nitrogen and oxygen atoms in total. The van der Waals surface area contributed by atoms with Gasteiger partial charge in [0.1, 0.15) is 5.66 Å². The molecule has 1 unspecified atom stereocenters. The van der Waals surface area contributed by atoms with Crippen molar-refractivity contribution in [3.8, 4) is 0 Å². The lowest BCUT2D eigenvalue weighted by molar-refractivity contribution is 0.0457. The average molecular weight is 278 g/mol. The predicted molar refractivity (Wildman–Crippen MR) is 82.1 cm³/mol. The number of fused-ring (bicyclic) bond motifs is 3. The van der Waals surface area contributed by atoms with Gasteiger partial charge in [0.2, 0.25) is 0 Å². The van der Waals surface area contributed by atoms with E-state index in [4.69, 9.17) is 0 Å². The van der Waals surface area contributed by atoms with E-state index < -0.39 is 5.66 Å². The van der Waals surface area contributed by atoms with Crippen LogP contribution >= 0.6 is 0 Å². The molecule has 2 aliphatic heterocycles. The highest BCUT2D eigenvalue weighted by Crippen LogP contribution is 2.43. The average Bonchev–Trinajstić information content (AvgIpc) is 2.80. The van der Waals surface area contributed by atoms with Gasteiger partial charge in [-0.25, -0.2) is 0 Å². The van der Waals surface area contributed by atoms with Crippen LogP contribution in [0, 0.1) is 6.92 Å². The molecule has 0 aliphatic carbocycles. The van der Waals surface area contributed by atoms with Gasteiger partial charge in [-0.2, -0.15) is 0 Å². The van der Waals surface area contributed by atoms with E-state index in [1.54, 1.807) is 0 Å². The summed E-state index contributed by atoms with van der Waals surface area (Å²) >= 11 is 0. The number of hydrogen-bond acceptors (Lipinski definition) is 2. The lowest BCUT2D eigenvalue weighted by atomic mass is 9.88. The minimum absolute atomic E-state index is 0.137. The first-order valence-electron chi connectivity index (χ1n) is 7.47. The topological polar surface area (TPSA) is 32.3 Å². The molecule has 1 atom stereocenters. The lowest BCUT2D eigenvalue weighted by Gasteiger charge is -2.44. The molecule has 0 spiro atoms. The van der Waals surface area contributed by atoms with Gasteiger partial charge in [0.25, 0.3) is 5.91 Å². The number of rotatable bonds is 1. The molecule has 0 saturated carbocycles. The number of aryl methyl sites for hydroxylation is 1. The van der Waals surface area contributed by atoms with Crippen molar-refractivity contribution in [3.05, 3.63) is 70.8 Å². The molecule has 3 heteroatoms. The summed E-state index contributed by atoms with van der Waals surface area (Å²) in [5, 5.41) is 3.62. The molecule has 1 saturated heterocycles. The number of carbonyl (C=O) groups excluding carboxylic acids is 1. The largest absolute Gasteiger partial charge is 0.312 e. The molecule has 0 aromatic heterocycles. The Morgan fingerprint density at radius 3 is 2.67 bits per heavy atom. The van der Waals surface area contributed by atoms with Crippen LogP contribution in [-0.2, 0) is 5.66 Å². The van der Waals surface area contributed by atoms with Crippen molar-refractivity contribution < 1.29 is 4.79 Å². The van der Waals surface area contributed by atoms with Crippen LogP contribution in [0.25, 0.3) is 0 Å². The van der Waals surface area contributed by atoms with E-state index in [9.17, 15) is 4.79 Å². The molecular weight excluding hydrogens is 260 g/mol. The molecule has 2 aromatic carbocycles. The second-order valence-electron chi connectivity index (χ2n) is 5.86. The van der Waals surface area contributed by atoms with Crippen LogP contribution in [0.2, 0.25) is 0 Å². The van der Waals surface area contributed by atoms with Crippen LogP contribution < -0.4 is 5.32 Å². The van der Waals surface area contributed by atoms with Crippen molar-refractivity contribution in [2.45, 2.75) is 19.0 Å². The Balaban J connectivity index is 1.98. The summed E-state index contributed by atoms with van der Waals surface area (Å²) in [6.07, 6.45) is 0.993. The SMILES string of the molecule is Cc1ccc(C23NCCCN2C(=O)c2ccccc23)cc1. The van der Waals surface area contributed by atoms with Gasteiger partial charge in [0, 0.05) is 17.7 Å². The summed E-state index contributed by atoms with van der Waals surface area (Å²) in [6, 6.07) is 16.5. The van der Waals surface area contributed by atoms with Crippen LogP contribution in [0.15, 0.2) is 48.5 Å². The molecule has 2 aromatic rings. The van der Waals surface area contributed by atoms with Crippen molar-refractivity contribution in [2.24, 2.45) is 0 Å². The third-order valence-electron chi connectivity index (χ3n) is 4.61. The normalized spacial score (nSPS) is 23.9. The first-order valence-corrected chi connectivity index (χ1v) is 7.47. The van der Waals surface area contributed by atoms with E-state index in [0.717, 1.165) is 36.2 Å². The molecular formula is C18H18N2O. The molecule has 21 heavy (non-hydrogen) atoms. The third-order valence-corrected chi connectivity index (χ3v) is 4.61. The first-order chi connectivity index (χ1) is 10.2. The van der Waals surface area contributed by atoms with Crippen LogP contribution in [0.4, 0.5) is 0 Å². The van der Waals surface area contributed by atoms with Crippen molar-refractivity contribution in [1.29, 1.82) is 0 Å². The molecule has 1 amide bonds. The van der Waals surface area contributed by atoms with Crippen LogP contribution in [0.1, 0.15) is 33.5 Å². The molecule has 106 valence electrons. The lowest BCUT2D eigenvalue weighted by Crippen LogP contribution is -2.59. The second kappa shape index (κ2) is 4.43. The van der Waals surface area contributed by atoms with Gasteiger partial charge in [-0.05, 0) is 31.5 Å². The molecule has 0 bridgehead atoms. The second-order valence-corrected chi connectivity index (χ2v) is 5.86. The van der Waals surface area contributed by atoms with E-state index in [2.05, 4.69) is 42.6 Å². The zero-order valence-electron chi connectivity index (χ0n) is 12.1. The Bertz CT molecular complexity index is 707. The number of nitrogens with zero attached hydrogens (tertiary/aromatic N) is 1. The maximum atomic E-state index is 12.8. The first kappa shape index (κ1) is 12.6. The van der Waals surface area contributed by atoms with Gasteiger partial charge >= 0.3 is 0 Å². The Labute approximate surface area is 124 Å². The summed E-state index contributed by atoms with van der Waals surface area (Å²) in [5.41, 5.74) is 3.80. The smallest absolute Gasteiger partial charge is 0.256 e. The minimum atomic E-state index is -0.486. The van der Waals surface area contributed by atoms with E-state index in [-0.39, 0.29) is 5.91 Å². The van der Waals surface area contributed by atoms with Crippen LogP contribution in [0.3, 0.4) is 0 Å². The summed E-state index contributed by atoms with van der Waals surface area (Å²) in [7, 11) is 0. The maximum absolute atomic E-state index is 12.8. The molecule has 1 N–H and O–H groups in total. The van der Waals surface area contributed by atoms with E-state index >= 15 is 0 Å². The zero-order valence-corrected chi connectivity index (χ0v) is 12.1. The quantitative estimate of drug-likeness (QED) is 0.869.